The number of hydrogen-bond acceptors (Lipinski definition) is 6. The highest BCUT2D eigenvalue weighted by Gasteiger charge is 2.09. The van der Waals surface area contributed by atoms with Crippen LogP contribution < -0.4 is 10.6 Å². The third-order valence-electron chi connectivity index (χ3n) is 3.13. The van der Waals surface area contributed by atoms with E-state index in [-0.39, 0.29) is 12.3 Å². The number of hydrogen-bond donors (Lipinski definition) is 2. The molecule has 0 spiro atoms. The molecule has 6 nitrogen and oxygen atoms in total. The number of nitrogens with zero attached hydrogens (tertiary/aromatic N) is 3. The summed E-state index contributed by atoms with van der Waals surface area (Å²) in [6.45, 7) is 1.91. The zero-order chi connectivity index (χ0) is 16.9. The summed E-state index contributed by atoms with van der Waals surface area (Å²) in [5, 5.41) is 8.90. The molecule has 0 aliphatic heterocycles. The first-order chi connectivity index (χ1) is 11.6. The molecule has 0 saturated carbocycles. The standard InChI is InChI=1S/C16H14ClN5OS/c1-10-3-4-11(7-13(10)17)20-14(23)8-12-9-24-16(21-12)22-15-18-5-2-6-19-15/h2-7,9H,8H2,1H3,(H,20,23)(H,18,19,21,22). The van der Waals surface area contributed by atoms with Crippen molar-refractivity contribution in [2.45, 2.75) is 13.3 Å². The lowest BCUT2D eigenvalue weighted by Crippen LogP contribution is -2.14. The van der Waals surface area contributed by atoms with Gasteiger partial charge in [-0.25, -0.2) is 15.0 Å². The molecule has 3 aromatic rings. The summed E-state index contributed by atoms with van der Waals surface area (Å²) in [5.41, 5.74) is 2.31. The van der Waals surface area contributed by atoms with E-state index in [1.807, 2.05) is 24.4 Å². The molecule has 0 atom stereocenters. The SMILES string of the molecule is Cc1ccc(NC(=O)Cc2csc(Nc3ncccn3)n2)cc1Cl. The molecule has 2 heterocycles. The first-order valence-electron chi connectivity index (χ1n) is 7.14. The minimum atomic E-state index is -0.150. The molecule has 0 fully saturated rings. The Morgan fingerprint density at radius 3 is 2.83 bits per heavy atom. The van der Waals surface area contributed by atoms with Crippen LogP contribution in [0.4, 0.5) is 16.8 Å². The summed E-state index contributed by atoms with van der Waals surface area (Å²) in [4.78, 5) is 24.6. The molecule has 1 aromatic carbocycles. The van der Waals surface area contributed by atoms with Gasteiger partial charge in [0.15, 0.2) is 5.13 Å². The summed E-state index contributed by atoms with van der Waals surface area (Å²) in [5.74, 6) is 0.319. The van der Waals surface area contributed by atoms with Crippen molar-refractivity contribution >= 4 is 45.6 Å². The van der Waals surface area contributed by atoms with Crippen LogP contribution in [0.5, 0.6) is 0 Å². The lowest BCUT2D eigenvalue weighted by Gasteiger charge is -2.06. The van der Waals surface area contributed by atoms with Crippen LogP contribution in [0.3, 0.4) is 0 Å². The van der Waals surface area contributed by atoms with Crippen molar-refractivity contribution in [3.63, 3.8) is 0 Å². The minimum absolute atomic E-state index is 0.150. The number of rotatable bonds is 5. The zero-order valence-corrected chi connectivity index (χ0v) is 14.4. The second kappa shape index (κ2) is 7.37. The van der Waals surface area contributed by atoms with E-state index >= 15 is 0 Å². The van der Waals surface area contributed by atoms with E-state index in [1.165, 1.54) is 11.3 Å². The number of amides is 1. The highest BCUT2D eigenvalue weighted by atomic mass is 35.5. The van der Waals surface area contributed by atoms with Gasteiger partial charge >= 0.3 is 0 Å². The molecule has 0 aliphatic carbocycles. The highest BCUT2D eigenvalue weighted by molar-refractivity contribution is 7.13. The summed E-state index contributed by atoms with van der Waals surface area (Å²) in [7, 11) is 0. The van der Waals surface area contributed by atoms with Crippen LogP contribution >= 0.6 is 22.9 Å². The zero-order valence-electron chi connectivity index (χ0n) is 12.8. The van der Waals surface area contributed by atoms with Crippen LogP contribution in [0, 0.1) is 6.92 Å². The van der Waals surface area contributed by atoms with Crippen molar-refractivity contribution in [3.8, 4) is 0 Å². The van der Waals surface area contributed by atoms with Gasteiger partial charge in [0.2, 0.25) is 11.9 Å². The average molecular weight is 360 g/mol. The maximum absolute atomic E-state index is 12.1. The molecule has 2 aromatic heterocycles. The monoisotopic (exact) mass is 359 g/mol. The van der Waals surface area contributed by atoms with Crippen molar-refractivity contribution in [1.29, 1.82) is 0 Å². The normalized spacial score (nSPS) is 10.4. The topological polar surface area (TPSA) is 79.8 Å². The molecule has 0 saturated heterocycles. The Morgan fingerprint density at radius 1 is 1.29 bits per heavy atom. The Kier molecular flexibility index (Phi) is 5.02. The molecule has 0 unspecified atom stereocenters. The van der Waals surface area contributed by atoms with Crippen molar-refractivity contribution in [1.82, 2.24) is 15.0 Å². The second-order valence-corrected chi connectivity index (χ2v) is 6.30. The number of carbonyl (C=O) groups is 1. The van der Waals surface area contributed by atoms with E-state index in [2.05, 4.69) is 25.6 Å². The Morgan fingerprint density at radius 2 is 2.08 bits per heavy atom. The molecule has 3 rings (SSSR count). The third-order valence-corrected chi connectivity index (χ3v) is 4.35. The Balaban J connectivity index is 1.59. The molecule has 8 heteroatoms. The fourth-order valence-corrected chi connectivity index (χ4v) is 2.83. The van der Waals surface area contributed by atoms with Crippen LogP contribution in [0.1, 0.15) is 11.3 Å². The number of carbonyl (C=O) groups excluding carboxylic acids is 1. The molecule has 122 valence electrons. The van der Waals surface area contributed by atoms with Crippen LogP contribution in [-0.2, 0) is 11.2 Å². The van der Waals surface area contributed by atoms with Crippen molar-refractivity contribution in [2.24, 2.45) is 0 Å². The van der Waals surface area contributed by atoms with Gasteiger partial charge in [0.25, 0.3) is 0 Å². The van der Waals surface area contributed by atoms with Gasteiger partial charge in [-0.15, -0.1) is 11.3 Å². The van der Waals surface area contributed by atoms with Gasteiger partial charge in [0.05, 0.1) is 12.1 Å². The maximum Gasteiger partial charge on any atom is 0.230 e. The van der Waals surface area contributed by atoms with E-state index in [0.717, 1.165) is 5.56 Å². The van der Waals surface area contributed by atoms with Gasteiger partial charge in [-0.3, -0.25) is 4.79 Å². The number of nitrogens with one attached hydrogen (secondary N) is 2. The van der Waals surface area contributed by atoms with E-state index in [1.54, 1.807) is 24.5 Å². The summed E-state index contributed by atoms with van der Waals surface area (Å²) < 4.78 is 0. The molecule has 1 amide bonds. The first-order valence-corrected chi connectivity index (χ1v) is 8.40. The Labute approximate surface area is 148 Å². The summed E-state index contributed by atoms with van der Waals surface area (Å²) in [6.07, 6.45) is 3.47. The third kappa shape index (κ3) is 4.27. The van der Waals surface area contributed by atoms with E-state index < -0.39 is 0 Å². The lowest BCUT2D eigenvalue weighted by atomic mass is 10.2. The van der Waals surface area contributed by atoms with Crippen LogP contribution in [0.25, 0.3) is 0 Å². The number of thiazole rings is 1. The first kappa shape index (κ1) is 16.4. The van der Waals surface area contributed by atoms with E-state index in [9.17, 15) is 4.79 Å². The number of halogens is 1. The Hall–Kier alpha value is -2.51. The summed E-state index contributed by atoms with van der Waals surface area (Å²) in [6, 6.07) is 7.15. The molecule has 0 aliphatic rings. The van der Waals surface area contributed by atoms with Crippen LogP contribution in [0.2, 0.25) is 5.02 Å². The quantitative estimate of drug-likeness (QED) is 0.723. The van der Waals surface area contributed by atoms with E-state index in [4.69, 9.17) is 11.6 Å². The van der Waals surface area contributed by atoms with E-state index in [0.29, 0.717) is 27.5 Å². The fourth-order valence-electron chi connectivity index (χ4n) is 1.95. The van der Waals surface area contributed by atoms with Gasteiger partial charge < -0.3 is 10.6 Å². The molecule has 0 bridgehead atoms. The smallest absolute Gasteiger partial charge is 0.230 e. The van der Waals surface area contributed by atoms with Crippen molar-refractivity contribution < 1.29 is 4.79 Å². The largest absolute Gasteiger partial charge is 0.326 e. The predicted molar refractivity (Wildman–Crippen MR) is 96.0 cm³/mol. The Bertz CT molecular complexity index is 853. The molecule has 0 radical (unpaired) electrons. The average Bonchev–Trinajstić information content (AvgIpc) is 2.99. The van der Waals surface area contributed by atoms with Crippen molar-refractivity contribution in [3.05, 3.63) is 58.3 Å². The molecule has 2 N–H and O–H groups in total. The van der Waals surface area contributed by atoms with Crippen LogP contribution in [0.15, 0.2) is 42.0 Å². The van der Waals surface area contributed by atoms with Gasteiger partial charge in [0.1, 0.15) is 0 Å². The van der Waals surface area contributed by atoms with Gasteiger partial charge in [-0.1, -0.05) is 17.7 Å². The van der Waals surface area contributed by atoms with Crippen molar-refractivity contribution in [2.75, 3.05) is 10.6 Å². The fraction of sp³-hybridized carbons (Fsp3) is 0.125. The molecule has 24 heavy (non-hydrogen) atoms. The molecular weight excluding hydrogens is 346 g/mol. The number of aryl methyl sites for hydroxylation is 1. The number of anilines is 3. The van der Waals surface area contributed by atoms with Gasteiger partial charge in [-0.05, 0) is 30.7 Å². The van der Waals surface area contributed by atoms with Gasteiger partial charge in [-0.2, -0.15) is 0 Å². The predicted octanol–water partition coefficient (Wildman–Crippen LogP) is 3.82. The number of benzene rings is 1. The highest BCUT2D eigenvalue weighted by Crippen LogP contribution is 2.21. The maximum atomic E-state index is 12.1. The molecular formula is C16H14ClN5OS. The minimum Gasteiger partial charge on any atom is -0.326 e. The summed E-state index contributed by atoms with van der Waals surface area (Å²) >= 11 is 7.45. The van der Waals surface area contributed by atoms with Gasteiger partial charge in [0, 0.05) is 28.5 Å². The number of aromatic nitrogens is 3. The lowest BCUT2D eigenvalue weighted by molar-refractivity contribution is -0.115. The van der Waals surface area contributed by atoms with Crippen LogP contribution in [-0.4, -0.2) is 20.9 Å². The second-order valence-electron chi connectivity index (χ2n) is 5.03.